The summed E-state index contributed by atoms with van der Waals surface area (Å²) in [7, 11) is 5.86. The number of hydrogen-bond acceptors (Lipinski definition) is 8. The number of likely N-dealkylation sites (N-methyl/N-ethyl adjacent to an activating group) is 1. The zero-order valence-corrected chi connectivity index (χ0v) is 19.2. The molecule has 4 rings (SSSR count). The topological polar surface area (TPSA) is 102 Å². The second-order valence-corrected chi connectivity index (χ2v) is 8.13. The maximum atomic E-state index is 12.2. The molecule has 9 nitrogen and oxygen atoms in total. The molecule has 0 aliphatic rings. The number of nitrogens with one attached hydrogen (secondary N) is 1. The molecule has 0 amide bonds. The van der Waals surface area contributed by atoms with Crippen molar-refractivity contribution in [3.8, 4) is 34.3 Å². The lowest BCUT2D eigenvalue weighted by molar-refractivity contribution is 0.381. The van der Waals surface area contributed by atoms with E-state index in [1.165, 1.54) is 5.56 Å². The minimum absolute atomic E-state index is 0.0534. The molecular weight excluding hydrogens is 418 g/mol. The first-order valence-corrected chi connectivity index (χ1v) is 10.7. The molecule has 0 fully saturated rings. The third kappa shape index (κ3) is 5.21. The van der Waals surface area contributed by atoms with Gasteiger partial charge in [-0.25, -0.2) is 4.98 Å². The summed E-state index contributed by atoms with van der Waals surface area (Å²) in [4.78, 5) is 23.2. The van der Waals surface area contributed by atoms with Crippen LogP contribution in [0.1, 0.15) is 11.1 Å². The van der Waals surface area contributed by atoms with Gasteiger partial charge in [-0.1, -0.05) is 12.1 Å². The van der Waals surface area contributed by atoms with Crippen LogP contribution in [0.2, 0.25) is 0 Å². The van der Waals surface area contributed by atoms with Gasteiger partial charge in [-0.15, -0.1) is 10.2 Å². The molecule has 9 heteroatoms. The van der Waals surface area contributed by atoms with Gasteiger partial charge in [0.1, 0.15) is 5.69 Å². The van der Waals surface area contributed by atoms with Crippen LogP contribution < -0.4 is 10.9 Å². The first-order valence-electron chi connectivity index (χ1n) is 10.7. The van der Waals surface area contributed by atoms with Crippen LogP contribution in [0.3, 0.4) is 0 Å². The molecule has 4 aromatic rings. The van der Waals surface area contributed by atoms with Gasteiger partial charge >= 0.3 is 0 Å². The molecule has 1 N–H and O–H groups in total. The second kappa shape index (κ2) is 9.85. The largest absolute Gasteiger partial charge is 0.415 e. The van der Waals surface area contributed by atoms with Crippen LogP contribution >= 0.6 is 0 Å². The maximum absolute atomic E-state index is 12.2. The van der Waals surface area contributed by atoms with Crippen molar-refractivity contribution in [2.75, 3.05) is 27.7 Å². The van der Waals surface area contributed by atoms with Crippen LogP contribution in [0.15, 0.2) is 58.1 Å². The number of aryl methyl sites for hydroxylation is 1. The number of pyridine rings is 1. The number of benzene rings is 1. The van der Waals surface area contributed by atoms with Gasteiger partial charge < -0.3 is 19.2 Å². The fraction of sp³-hybridized carbons (Fsp3) is 0.292. The Labute approximate surface area is 192 Å². The first kappa shape index (κ1) is 22.5. The van der Waals surface area contributed by atoms with Crippen LogP contribution in [-0.4, -0.2) is 57.3 Å². The van der Waals surface area contributed by atoms with Gasteiger partial charge in [0, 0.05) is 43.0 Å². The zero-order valence-electron chi connectivity index (χ0n) is 19.2. The highest BCUT2D eigenvalue weighted by Gasteiger charge is 2.15. The lowest BCUT2D eigenvalue weighted by atomic mass is 10.1. The molecule has 0 spiro atoms. The molecule has 0 radical (unpaired) electrons. The van der Waals surface area contributed by atoms with E-state index in [-0.39, 0.29) is 5.56 Å². The van der Waals surface area contributed by atoms with Gasteiger partial charge in [-0.3, -0.25) is 9.78 Å². The molecule has 1 aromatic carbocycles. The highest BCUT2D eigenvalue weighted by Crippen LogP contribution is 2.27. The molecule has 0 unspecified atom stereocenters. The van der Waals surface area contributed by atoms with E-state index in [9.17, 15) is 4.79 Å². The van der Waals surface area contributed by atoms with Gasteiger partial charge in [0.05, 0.1) is 18.1 Å². The van der Waals surface area contributed by atoms with Gasteiger partial charge in [0.25, 0.3) is 11.4 Å². The molecule has 0 aliphatic heterocycles. The van der Waals surface area contributed by atoms with E-state index in [4.69, 9.17) is 4.42 Å². The van der Waals surface area contributed by atoms with Crippen molar-refractivity contribution >= 4 is 0 Å². The van der Waals surface area contributed by atoms with Crippen LogP contribution in [0, 0.1) is 6.92 Å². The monoisotopic (exact) mass is 445 g/mol. The van der Waals surface area contributed by atoms with E-state index in [0.717, 1.165) is 29.8 Å². The van der Waals surface area contributed by atoms with Crippen molar-refractivity contribution in [3.63, 3.8) is 0 Å². The number of nitrogens with zero attached hydrogens (tertiary/aromatic N) is 6. The summed E-state index contributed by atoms with van der Waals surface area (Å²) in [5.41, 5.74) is 4.95. The normalized spacial score (nSPS) is 11.3. The van der Waals surface area contributed by atoms with Gasteiger partial charge in [-0.05, 0) is 51.3 Å². The molecule has 0 aliphatic carbocycles. The van der Waals surface area contributed by atoms with Crippen LogP contribution in [0.4, 0.5) is 0 Å². The van der Waals surface area contributed by atoms with Crippen molar-refractivity contribution in [2.45, 2.75) is 20.0 Å². The van der Waals surface area contributed by atoms with Crippen molar-refractivity contribution in [1.82, 2.24) is 34.9 Å². The van der Waals surface area contributed by atoms with Gasteiger partial charge in [0.15, 0.2) is 0 Å². The molecule has 3 heterocycles. The molecular formula is C24H27N7O2. The summed E-state index contributed by atoms with van der Waals surface area (Å²) in [6, 6.07) is 9.41. The molecule has 0 bridgehead atoms. The van der Waals surface area contributed by atoms with E-state index in [1.807, 2.05) is 45.1 Å². The molecule has 0 atom stereocenters. The van der Waals surface area contributed by atoms with E-state index >= 15 is 0 Å². The number of rotatable bonds is 8. The van der Waals surface area contributed by atoms with Crippen LogP contribution in [-0.2, 0) is 13.1 Å². The summed E-state index contributed by atoms with van der Waals surface area (Å²) >= 11 is 0. The summed E-state index contributed by atoms with van der Waals surface area (Å²) < 4.78 is 7.61. The Morgan fingerprint density at radius 1 is 1.06 bits per heavy atom. The van der Waals surface area contributed by atoms with E-state index in [0.29, 0.717) is 29.7 Å². The minimum atomic E-state index is -0.0534. The van der Waals surface area contributed by atoms with Crippen molar-refractivity contribution in [1.29, 1.82) is 0 Å². The van der Waals surface area contributed by atoms with Crippen molar-refractivity contribution in [3.05, 3.63) is 70.4 Å². The molecule has 0 saturated heterocycles. The van der Waals surface area contributed by atoms with Crippen molar-refractivity contribution < 1.29 is 4.42 Å². The Morgan fingerprint density at radius 3 is 2.61 bits per heavy atom. The molecule has 3 aromatic heterocycles. The fourth-order valence-electron chi connectivity index (χ4n) is 3.49. The maximum Gasteiger partial charge on any atom is 0.268 e. The standard InChI is InChI=1S/C24H27N7O2/c1-16-11-17(12-25-2)5-7-19(16)23-28-29-24(33-23)21-14-26-13-20(27-21)18-6-8-22(32)31(15-18)10-9-30(3)4/h5-8,11,13-15,25H,9-10,12H2,1-4H3. The Kier molecular flexibility index (Phi) is 6.71. The predicted molar refractivity (Wildman–Crippen MR) is 127 cm³/mol. The Hall–Kier alpha value is -3.69. The number of hydrogen-bond donors (Lipinski definition) is 1. The lowest BCUT2D eigenvalue weighted by Gasteiger charge is -2.12. The summed E-state index contributed by atoms with van der Waals surface area (Å²) in [5, 5.41) is 11.5. The Morgan fingerprint density at radius 2 is 1.85 bits per heavy atom. The average Bonchev–Trinajstić information content (AvgIpc) is 3.29. The predicted octanol–water partition coefficient (Wildman–Crippen LogP) is 2.61. The fourth-order valence-corrected chi connectivity index (χ4v) is 3.49. The van der Waals surface area contributed by atoms with E-state index in [1.54, 1.807) is 35.3 Å². The Balaban J connectivity index is 1.61. The zero-order chi connectivity index (χ0) is 23.4. The first-order chi connectivity index (χ1) is 15.9. The molecule has 0 saturated carbocycles. The summed E-state index contributed by atoms with van der Waals surface area (Å²) in [6.45, 7) is 4.16. The van der Waals surface area contributed by atoms with Gasteiger partial charge in [0.2, 0.25) is 5.89 Å². The van der Waals surface area contributed by atoms with Crippen LogP contribution in [0.5, 0.6) is 0 Å². The second-order valence-electron chi connectivity index (χ2n) is 8.13. The highest BCUT2D eigenvalue weighted by atomic mass is 16.4. The summed E-state index contributed by atoms with van der Waals surface area (Å²) in [5.74, 6) is 0.724. The third-order valence-corrected chi connectivity index (χ3v) is 5.25. The minimum Gasteiger partial charge on any atom is -0.415 e. The van der Waals surface area contributed by atoms with Gasteiger partial charge in [-0.2, -0.15) is 0 Å². The van der Waals surface area contributed by atoms with Crippen LogP contribution in [0.25, 0.3) is 34.3 Å². The third-order valence-electron chi connectivity index (χ3n) is 5.25. The molecule has 170 valence electrons. The SMILES string of the molecule is CNCc1ccc(-c2nnc(-c3cncc(-c4ccc(=O)n(CCN(C)C)c4)n3)o2)c(C)c1. The lowest BCUT2D eigenvalue weighted by Crippen LogP contribution is -2.25. The summed E-state index contributed by atoms with van der Waals surface area (Å²) in [6.07, 6.45) is 5.04. The van der Waals surface area contributed by atoms with Crippen molar-refractivity contribution in [2.24, 2.45) is 0 Å². The Bertz CT molecular complexity index is 1310. The average molecular weight is 446 g/mol. The highest BCUT2D eigenvalue weighted by molar-refractivity contribution is 5.62. The van der Waals surface area contributed by atoms with E-state index < -0.39 is 0 Å². The molecule has 33 heavy (non-hydrogen) atoms. The van der Waals surface area contributed by atoms with E-state index in [2.05, 4.69) is 31.5 Å². The quantitative estimate of drug-likeness (QED) is 0.442. The number of aromatic nitrogens is 5. The smallest absolute Gasteiger partial charge is 0.268 e.